The van der Waals surface area contributed by atoms with Gasteiger partial charge in [0.15, 0.2) is 0 Å². The minimum atomic E-state index is -0.169. The highest BCUT2D eigenvalue weighted by Gasteiger charge is 2.31. The third-order valence-electron chi connectivity index (χ3n) is 4.57. The number of hydrogen-bond acceptors (Lipinski definition) is 4. The van der Waals surface area contributed by atoms with Crippen molar-refractivity contribution in [3.8, 4) is 0 Å². The van der Waals surface area contributed by atoms with Crippen LogP contribution in [0.4, 0.5) is 5.82 Å². The Balaban J connectivity index is 1.77. The molecular weight excluding hydrogens is 318 g/mol. The largest absolute Gasteiger partial charge is 0.382 e. The lowest BCUT2D eigenvalue weighted by atomic mass is 10.1. The lowest BCUT2D eigenvalue weighted by molar-refractivity contribution is -0.133. The predicted octanol–water partition coefficient (Wildman–Crippen LogP) is 1.65. The second-order valence-electron chi connectivity index (χ2n) is 6.28. The number of carbonyl (C=O) groups is 2. The quantitative estimate of drug-likeness (QED) is 0.884. The molecule has 3 rings (SSSR count). The number of H-pyrrole nitrogens is 1. The summed E-state index contributed by atoms with van der Waals surface area (Å²) >= 11 is 0. The molecule has 25 heavy (non-hydrogen) atoms. The zero-order valence-electron chi connectivity index (χ0n) is 14.3. The molecule has 1 fully saturated rings. The molecule has 0 saturated carbocycles. The van der Waals surface area contributed by atoms with E-state index in [0.29, 0.717) is 31.7 Å². The van der Waals surface area contributed by atoms with Crippen molar-refractivity contribution in [2.24, 2.45) is 0 Å². The summed E-state index contributed by atoms with van der Waals surface area (Å²) in [6.45, 7) is 3.51. The smallest absolute Gasteiger partial charge is 0.272 e. The average Bonchev–Trinajstić information content (AvgIpc) is 3.00. The number of amides is 2. The van der Waals surface area contributed by atoms with Crippen molar-refractivity contribution < 1.29 is 9.59 Å². The highest BCUT2D eigenvalue weighted by atomic mass is 16.2. The third-order valence-corrected chi connectivity index (χ3v) is 4.57. The van der Waals surface area contributed by atoms with Crippen molar-refractivity contribution in [3.05, 3.63) is 47.7 Å². The predicted molar refractivity (Wildman–Crippen MR) is 94.6 cm³/mol. The molecule has 1 aromatic carbocycles. The van der Waals surface area contributed by atoms with Crippen molar-refractivity contribution in [2.75, 3.05) is 18.8 Å². The van der Waals surface area contributed by atoms with Crippen LogP contribution in [0.3, 0.4) is 0 Å². The van der Waals surface area contributed by atoms with Crippen molar-refractivity contribution in [2.45, 2.75) is 32.4 Å². The molecule has 2 aromatic rings. The summed E-state index contributed by atoms with van der Waals surface area (Å²) in [7, 11) is 0. The summed E-state index contributed by atoms with van der Waals surface area (Å²) in [5, 5.41) is 6.46. The van der Waals surface area contributed by atoms with E-state index in [-0.39, 0.29) is 23.7 Å². The molecule has 1 unspecified atom stereocenters. The number of aromatic nitrogens is 2. The van der Waals surface area contributed by atoms with Crippen LogP contribution in [0.25, 0.3) is 0 Å². The van der Waals surface area contributed by atoms with Crippen LogP contribution in [0.2, 0.25) is 0 Å². The van der Waals surface area contributed by atoms with Crippen molar-refractivity contribution in [1.29, 1.82) is 0 Å². The molecule has 1 atom stereocenters. The number of benzene rings is 1. The lowest BCUT2D eigenvalue weighted by Crippen LogP contribution is -2.43. The Morgan fingerprint density at radius 1 is 1.36 bits per heavy atom. The maximum Gasteiger partial charge on any atom is 0.272 e. The first-order chi connectivity index (χ1) is 12.1. The molecule has 1 saturated heterocycles. The Hall–Kier alpha value is -2.83. The molecule has 0 bridgehead atoms. The van der Waals surface area contributed by atoms with Gasteiger partial charge in [0, 0.05) is 38.2 Å². The van der Waals surface area contributed by atoms with Gasteiger partial charge in [-0.15, -0.1) is 0 Å². The Labute approximate surface area is 146 Å². The van der Waals surface area contributed by atoms with E-state index in [2.05, 4.69) is 10.2 Å². The SMILES string of the molecule is CCC1CN(C(=O)c2cc(N)n[nH]2)CCC(=O)N1Cc1ccccc1. The van der Waals surface area contributed by atoms with Crippen molar-refractivity contribution in [1.82, 2.24) is 20.0 Å². The minimum Gasteiger partial charge on any atom is -0.382 e. The summed E-state index contributed by atoms with van der Waals surface area (Å²) in [5.41, 5.74) is 7.04. The number of nitrogens with one attached hydrogen (secondary N) is 1. The summed E-state index contributed by atoms with van der Waals surface area (Å²) in [5.74, 6) is 0.194. The monoisotopic (exact) mass is 341 g/mol. The second kappa shape index (κ2) is 7.38. The number of carbonyl (C=O) groups excluding carboxylic acids is 2. The Bertz CT molecular complexity index is 743. The first-order valence-corrected chi connectivity index (χ1v) is 8.52. The minimum absolute atomic E-state index is 0.0144. The van der Waals surface area contributed by atoms with Gasteiger partial charge >= 0.3 is 0 Å². The first kappa shape index (κ1) is 17.0. The molecule has 0 radical (unpaired) electrons. The molecular formula is C18H23N5O2. The topological polar surface area (TPSA) is 95.3 Å². The number of anilines is 1. The van der Waals surface area contributed by atoms with Gasteiger partial charge < -0.3 is 15.5 Å². The van der Waals surface area contributed by atoms with Crippen LogP contribution in [-0.2, 0) is 11.3 Å². The maximum absolute atomic E-state index is 12.7. The van der Waals surface area contributed by atoms with Gasteiger partial charge in [-0.2, -0.15) is 5.10 Å². The van der Waals surface area contributed by atoms with Gasteiger partial charge in [0.1, 0.15) is 11.5 Å². The molecule has 1 aliphatic rings. The van der Waals surface area contributed by atoms with E-state index in [9.17, 15) is 9.59 Å². The molecule has 0 aliphatic carbocycles. The van der Waals surface area contributed by atoms with Gasteiger partial charge in [-0.25, -0.2) is 0 Å². The fourth-order valence-corrected chi connectivity index (χ4v) is 3.17. The summed E-state index contributed by atoms with van der Waals surface area (Å²) in [4.78, 5) is 28.9. The normalized spacial score (nSPS) is 18.3. The van der Waals surface area contributed by atoms with Crippen LogP contribution in [-0.4, -0.2) is 50.9 Å². The summed E-state index contributed by atoms with van der Waals surface area (Å²) < 4.78 is 0. The zero-order chi connectivity index (χ0) is 17.8. The van der Waals surface area contributed by atoms with E-state index in [1.54, 1.807) is 4.90 Å². The van der Waals surface area contributed by atoms with Gasteiger partial charge in [0.2, 0.25) is 5.91 Å². The van der Waals surface area contributed by atoms with Gasteiger partial charge in [-0.05, 0) is 12.0 Å². The van der Waals surface area contributed by atoms with Crippen molar-refractivity contribution >= 4 is 17.6 Å². The fraction of sp³-hybridized carbons (Fsp3) is 0.389. The Morgan fingerprint density at radius 2 is 2.12 bits per heavy atom. The van der Waals surface area contributed by atoms with Crippen LogP contribution in [0.15, 0.2) is 36.4 Å². The molecule has 2 amide bonds. The van der Waals surface area contributed by atoms with E-state index in [1.807, 2.05) is 42.2 Å². The average molecular weight is 341 g/mol. The molecule has 1 aliphatic heterocycles. The molecule has 2 heterocycles. The van der Waals surface area contributed by atoms with Gasteiger partial charge in [0.25, 0.3) is 5.91 Å². The lowest BCUT2D eigenvalue weighted by Gasteiger charge is -2.31. The van der Waals surface area contributed by atoms with Gasteiger partial charge in [-0.1, -0.05) is 37.3 Å². The van der Waals surface area contributed by atoms with E-state index < -0.39 is 0 Å². The van der Waals surface area contributed by atoms with Gasteiger partial charge in [-0.3, -0.25) is 14.7 Å². The number of nitrogen functional groups attached to an aromatic ring is 1. The fourth-order valence-electron chi connectivity index (χ4n) is 3.17. The number of aromatic amines is 1. The second-order valence-corrected chi connectivity index (χ2v) is 6.28. The van der Waals surface area contributed by atoms with Crippen LogP contribution in [0, 0.1) is 0 Å². The number of rotatable bonds is 4. The molecule has 132 valence electrons. The van der Waals surface area contributed by atoms with Crippen LogP contribution < -0.4 is 5.73 Å². The van der Waals surface area contributed by atoms with Crippen molar-refractivity contribution in [3.63, 3.8) is 0 Å². The first-order valence-electron chi connectivity index (χ1n) is 8.52. The van der Waals surface area contributed by atoms with Gasteiger partial charge in [0.05, 0.1) is 0 Å². The molecule has 1 aromatic heterocycles. The van der Waals surface area contributed by atoms with Crippen LogP contribution in [0.1, 0.15) is 35.8 Å². The number of nitrogens with two attached hydrogens (primary N) is 1. The Kier molecular flexibility index (Phi) is 5.02. The third kappa shape index (κ3) is 3.81. The molecule has 0 spiro atoms. The zero-order valence-corrected chi connectivity index (χ0v) is 14.3. The Morgan fingerprint density at radius 3 is 2.76 bits per heavy atom. The van der Waals surface area contributed by atoms with E-state index in [0.717, 1.165) is 12.0 Å². The summed E-state index contributed by atoms with van der Waals surface area (Å²) in [6, 6.07) is 11.4. The summed E-state index contributed by atoms with van der Waals surface area (Å²) in [6.07, 6.45) is 1.10. The maximum atomic E-state index is 12.7. The highest BCUT2D eigenvalue weighted by Crippen LogP contribution is 2.19. The van der Waals surface area contributed by atoms with E-state index >= 15 is 0 Å². The van der Waals surface area contributed by atoms with Crippen LogP contribution >= 0.6 is 0 Å². The number of hydrogen-bond donors (Lipinski definition) is 2. The van der Waals surface area contributed by atoms with E-state index in [4.69, 9.17) is 5.73 Å². The van der Waals surface area contributed by atoms with Crippen LogP contribution in [0.5, 0.6) is 0 Å². The molecule has 7 heteroatoms. The number of nitrogens with zero attached hydrogens (tertiary/aromatic N) is 3. The highest BCUT2D eigenvalue weighted by molar-refractivity contribution is 5.93. The molecule has 3 N–H and O–H groups in total. The standard InChI is InChI=1S/C18H23N5O2/c1-2-14-12-22(18(25)15-10-16(19)21-20-15)9-8-17(24)23(14)11-13-6-4-3-5-7-13/h3-7,10,14H,2,8-9,11-12H2,1H3,(H3,19,20,21). The molecule has 7 nitrogen and oxygen atoms in total. The van der Waals surface area contributed by atoms with E-state index in [1.165, 1.54) is 6.07 Å².